The molecule has 3 aromatic rings. The van der Waals surface area contributed by atoms with Crippen LogP contribution in [0.2, 0.25) is 0 Å². The number of ether oxygens (including phenoxy) is 2. The minimum absolute atomic E-state index is 0.0168. The van der Waals surface area contributed by atoms with Crippen LogP contribution in [0, 0.1) is 11.8 Å². The Balaban J connectivity index is 1.70. The Morgan fingerprint density at radius 1 is 1.00 bits per heavy atom. The van der Waals surface area contributed by atoms with Crippen LogP contribution in [0.15, 0.2) is 72.8 Å². The number of rotatable bonds is 9. The number of carbonyl (C=O) groups is 1. The van der Waals surface area contributed by atoms with E-state index in [1.54, 1.807) is 6.92 Å². The highest BCUT2D eigenvalue weighted by Gasteiger charge is 2.13. The summed E-state index contributed by atoms with van der Waals surface area (Å²) in [5.41, 5.74) is 4.05. The standard InChI is InChI=1S/C27H26O4/c1-3-8-22(18-27(28)29)21-13-15-24(16-14-21)31-19-20-9-7-10-23(17-20)25-11-5-6-12-26(25)30-4-2/h5-7,9-17,22H,4,18-19H2,1-2H3,(H,28,29). The van der Waals surface area contributed by atoms with Crippen LogP contribution in [-0.4, -0.2) is 17.7 Å². The molecule has 0 fully saturated rings. The molecule has 0 heterocycles. The monoisotopic (exact) mass is 414 g/mol. The molecule has 158 valence electrons. The number of para-hydroxylation sites is 1. The zero-order chi connectivity index (χ0) is 22.1. The summed E-state index contributed by atoms with van der Waals surface area (Å²) in [4.78, 5) is 11.1. The molecular weight excluding hydrogens is 388 g/mol. The number of hydrogen-bond donors (Lipinski definition) is 1. The molecule has 31 heavy (non-hydrogen) atoms. The second-order valence-corrected chi connectivity index (χ2v) is 7.03. The molecule has 0 saturated heterocycles. The lowest BCUT2D eigenvalue weighted by Crippen LogP contribution is -2.04. The van der Waals surface area contributed by atoms with Gasteiger partial charge in [-0.05, 0) is 54.8 Å². The van der Waals surface area contributed by atoms with Crippen LogP contribution >= 0.6 is 0 Å². The van der Waals surface area contributed by atoms with E-state index in [4.69, 9.17) is 14.6 Å². The van der Waals surface area contributed by atoms with Gasteiger partial charge in [-0.1, -0.05) is 54.5 Å². The van der Waals surface area contributed by atoms with Gasteiger partial charge in [0, 0.05) is 5.56 Å². The topological polar surface area (TPSA) is 55.8 Å². The molecular formula is C27H26O4. The van der Waals surface area contributed by atoms with Crippen LogP contribution in [0.25, 0.3) is 11.1 Å². The Hall–Kier alpha value is -3.71. The van der Waals surface area contributed by atoms with Gasteiger partial charge in [0.25, 0.3) is 0 Å². The largest absolute Gasteiger partial charge is 0.493 e. The van der Waals surface area contributed by atoms with Gasteiger partial charge in [-0.2, -0.15) is 0 Å². The lowest BCUT2D eigenvalue weighted by Gasteiger charge is -2.13. The molecule has 1 atom stereocenters. The molecule has 1 unspecified atom stereocenters. The third kappa shape index (κ3) is 6.13. The molecule has 0 aliphatic carbocycles. The Kier molecular flexibility index (Phi) is 7.73. The second kappa shape index (κ2) is 10.9. The van der Waals surface area contributed by atoms with Gasteiger partial charge in [-0.3, -0.25) is 4.79 Å². The lowest BCUT2D eigenvalue weighted by atomic mass is 9.96. The van der Waals surface area contributed by atoms with Gasteiger partial charge >= 0.3 is 5.97 Å². The number of benzene rings is 3. The summed E-state index contributed by atoms with van der Waals surface area (Å²) in [5.74, 6) is 6.18. The SMILES string of the molecule is CC#CC(CC(=O)O)c1ccc(OCc2cccc(-c3ccccc3OCC)c2)cc1. The molecule has 0 bridgehead atoms. The minimum Gasteiger partial charge on any atom is -0.493 e. The average molecular weight is 415 g/mol. The van der Waals surface area contributed by atoms with Crippen molar-refractivity contribution in [3.05, 3.63) is 83.9 Å². The molecule has 3 rings (SSSR count). The van der Waals surface area contributed by atoms with Crippen LogP contribution in [-0.2, 0) is 11.4 Å². The highest BCUT2D eigenvalue weighted by molar-refractivity contribution is 5.71. The van der Waals surface area contributed by atoms with Crippen LogP contribution in [0.4, 0.5) is 0 Å². The average Bonchev–Trinajstić information content (AvgIpc) is 2.78. The molecule has 4 heteroatoms. The molecule has 4 nitrogen and oxygen atoms in total. The number of hydrogen-bond acceptors (Lipinski definition) is 3. The maximum atomic E-state index is 11.1. The molecule has 0 radical (unpaired) electrons. The number of aliphatic carboxylic acids is 1. The fraction of sp³-hybridized carbons (Fsp3) is 0.222. The lowest BCUT2D eigenvalue weighted by molar-refractivity contribution is -0.137. The van der Waals surface area contributed by atoms with Gasteiger partial charge in [0.1, 0.15) is 18.1 Å². The summed E-state index contributed by atoms with van der Waals surface area (Å²) in [5, 5.41) is 9.09. The van der Waals surface area contributed by atoms with E-state index in [1.807, 2.05) is 61.5 Å². The first-order valence-corrected chi connectivity index (χ1v) is 10.3. The second-order valence-electron chi connectivity index (χ2n) is 7.03. The van der Waals surface area contributed by atoms with Gasteiger partial charge in [-0.25, -0.2) is 0 Å². The summed E-state index contributed by atoms with van der Waals surface area (Å²) in [6, 6.07) is 23.7. The fourth-order valence-corrected chi connectivity index (χ4v) is 3.38. The van der Waals surface area contributed by atoms with E-state index in [-0.39, 0.29) is 12.3 Å². The summed E-state index contributed by atoms with van der Waals surface area (Å²) in [7, 11) is 0. The zero-order valence-corrected chi connectivity index (χ0v) is 17.8. The molecule has 0 aliphatic rings. The third-order valence-electron chi connectivity index (χ3n) is 4.81. The fourth-order valence-electron chi connectivity index (χ4n) is 3.38. The van der Waals surface area contributed by atoms with Crippen LogP contribution < -0.4 is 9.47 Å². The van der Waals surface area contributed by atoms with E-state index in [0.717, 1.165) is 33.8 Å². The maximum absolute atomic E-state index is 11.1. The van der Waals surface area contributed by atoms with E-state index >= 15 is 0 Å². The van der Waals surface area contributed by atoms with Crippen molar-refractivity contribution in [3.63, 3.8) is 0 Å². The highest BCUT2D eigenvalue weighted by atomic mass is 16.5. The predicted molar refractivity (Wildman–Crippen MR) is 122 cm³/mol. The van der Waals surface area contributed by atoms with E-state index in [2.05, 4.69) is 30.0 Å². The maximum Gasteiger partial charge on any atom is 0.304 e. The predicted octanol–water partition coefficient (Wildman–Crippen LogP) is 5.91. The minimum atomic E-state index is -0.862. The van der Waals surface area contributed by atoms with Crippen molar-refractivity contribution in [2.24, 2.45) is 0 Å². The summed E-state index contributed by atoms with van der Waals surface area (Å²) >= 11 is 0. The van der Waals surface area contributed by atoms with Gasteiger partial charge in [0.05, 0.1) is 18.9 Å². The third-order valence-corrected chi connectivity index (χ3v) is 4.81. The molecule has 3 aromatic carbocycles. The first kappa shape index (κ1) is 22.0. The molecule has 0 aliphatic heterocycles. The first-order chi connectivity index (χ1) is 15.1. The van der Waals surface area contributed by atoms with Crippen molar-refractivity contribution < 1.29 is 19.4 Å². The van der Waals surface area contributed by atoms with Gasteiger partial charge < -0.3 is 14.6 Å². The van der Waals surface area contributed by atoms with Gasteiger partial charge in [-0.15, -0.1) is 5.92 Å². The molecule has 0 saturated carbocycles. The van der Waals surface area contributed by atoms with Crippen LogP contribution in [0.1, 0.15) is 37.3 Å². The zero-order valence-electron chi connectivity index (χ0n) is 17.8. The first-order valence-electron chi connectivity index (χ1n) is 10.3. The smallest absolute Gasteiger partial charge is 0.304 e. The van der Waals surface area contributed by atoms with Crippen LogP contribution in [0.5, 0.6) is 11.5 Å². The Morgan fingerprint density at radius 2 is 1.77 bits per heavy atom. The van der Waals surface area contributed by atoms with E-state index in [1.165, 1.54) is 0 Å². The highest BCUT2D eigenvalue weighted by Crippen LogP contribution is 2.30. The Labute approximate surface area is 183 Å². The molecule has 0 spiro atoms. The number of carboxylic acid groups (broad SMARTS) is 1. The summed E-state index contributed by atoms with van der Waals surface area (Å²) < 4.78 is 11.7. The quantitative estimate of drug-likeness (QED) is 0.442. The molecule has 0 amide bonds. The van der Waals surface area contributed by atoms with Crippen molar-refractivity contribution in [1.29, 1.82) is 0 Å². The number of carboxylic acids is 1. The van der Waals surface area contributed by atoms with Crippen LogP contribution in [0.3, 0.4) is 0 Å². The van der Waals surface area contributed by atoms with Crippen molar-refractivity contribution >= 4 is 5.97 Å². The van der Waals surface area contributed by atoms with E-state index in [0.29, 0.717) is 13.2 Å². The van der Waals surface area contributed by atoms with Crippen molar-refractivity contribution in [2.75, 3.05) is 6.61 Å². The van der Waals surface area contributed by atoms with Crippen molar-refractivity contribution in [1.82, 2.24) is 0 Å². The van der Waals surface area contributed by atoms with Crippen molar-refractivity contribution in [2.45, 2.75) is 32.8 Å². The van der Waals surface area contributed by atoms with Gasteiger partial charge in [0.15, 0.2) is 0 Å². The normalized spacial score (nSPS) is 11.2. The Bertz CT molecular complexity index is 1070. The van der Waals surface area contributed by atoms with Gasteiger partial charge in [0.2, 0.25) is 0 Å². The Morgan fingerprint density at radius 3 is 2.48 bits per heavy atom. The van der Waals surface area contributed by atoms with E-state index in [9.17, 15) is 4.79 Å². The van der Waals surface area contributed by atoms with E-state index < -0.39 is 5.97 Å². The summed E-state index contributed by atoms with van der Waals surface area (Å²) in [6.45, 7) is 4.74. The molecule has 1 N–H and O–H groups in total. The molecule has 0 aromatic heterocycles. The summed E-state index contributed by atoms with van der Waals surface area (Å²) in [6.07, 6.45) is -0.0168. The van der Waals surface area contributed by atoms with Crippen molar-refractivity contribution in [3.8, 4) is 34.5 Å².